The minimum atomic E-state index is -5.22. The van der Waals surface area contributed by atoms with Gasteiger partial charge in [0.25, 0.3) is 5.91 Å². The lowest BCUT2D eigenvalue weighted by Gasteiger charge is -2.25. The van der Waals surface area contributed by atoms with E-state index in [2.05, 4.69) is 0 Å². The molecule has 1 amide bonds. The SMILES string of the molecule is CNS(=O)(=O)c1ccc(NC(=O)C(C)(O)C(F)(F)F)c(Cl)c1Cl. The molecular formula is C11H11Cl2F3N2O4S. The van der Waals surface area contributed by atoms with E-state index >= 15 is 0 Å². The van der Waals surface area contributed by atoms with E-state index in [0.29, 0.717) is 0 Å². The first-order valence-electron chi connectivity index (χ1n) is 5.77. The van der Waals surface area contributed by atoms with Crippen LogP contribution in [0.5, 0.6) is 0 Å². The first-order valence-corrected chi connectivity index (χ1v) is 8.01. The van der Waals surface area contributed by atoms with Crippen LogP contribution < -0.4 is 10.0 Å². The molecule has 3 N–H and O–H groups in total. The fourth-order valence-electron chi connectivity index (χ4n) is 1.32. The Bertz CT molecular complexity index is 736. The molecule has 0 aromatic heterocycles. The van der Waals surface area contributed by atoms with Crippen LogP contribution >= 0.6 is 23.2 Å². The summed E-state index contributed by atoms with van der Waals surface area (Å²) >= 11 is 11.5. The second kappa shape index (κ2) is 6.44. The number of nitrogens with one attached hydrogen (secondary N) is 2. The summed E-state index contributed by atoms with van der Waals surface area (Å²) in [6.45, 7) is 0.262. The van der Waals surface area contributed by atoms with Crippen molar-refractivity contribution in [2.24, 2.45) is 0 Å². The number of hydrogen-bond acceptors (Lipinski definition) is 4. The normalized spacial score (nSPS) is 15.1. The monoisotopic (exact) mass is 394 g/mol. The van der Waals surface area contributed by atoms with Gasteiger partial charge in [-0.1, -0.05) is 23.2 Å². The molecule has 0 radical (unpaired) electrons. The fourth-order valence-corrected chi connectivity index (χ4v) is 2.86. The zero-order chi connectivity index (χ0) is 18.2. The smallest absolute Gasteiger partial charge is 0.373 e. The zero-order valence-electron chi connectivity index (χ0n) is 11.6. The predicted octanol–water partition coefficient (Wildman–Crippen LogP) is 2.15. The quantitative estimate of drug-likeness (QED) is 0.728. The third kappa shape index (κ3) is 3.89. The molecule has 0 bridgehead atoms. The van der Waals surface area contributed by atoms with Crippen molar-refractivity contribution in [2.45, 2.75) is 23.6 Å². The van der Waals surface area contributed by atoms with E-state index in [1.807, 2.05) is 4.72 Å². The van der Waals surface area contributed by atoms with Crippen LogP contribution in [0.1, 0.15) is 6.92 Å². The number of carbonyl (C=O) groups excluding carboxylic acids is 1. The van der Waals surface area contributed by atoms with Crippen LogP contribution in [0.3, 0.4) is 0 Å². The van der Waals surface area contributed by atoms with Gasteiger partial charge in [0.05, 0.1) is 15.7 Å². The van der Waals surface area contributed by atoms with Gasteiger partial charge in [0.2, 0.25) is 15.6 Å². The molecule has 23 heavy (non-hydrogen) atoms. The maximum Gasteiger partial charge on any atom is 0.426 e. The standard InChI is InChI=1S/C11H11Cl2F3N2O4S/c1-10(20,11(14,15)16)9(19)18-5-3-4-6(8(13)7(5)12)23(21,22)17-2/h3-4,17,20H,1-2H3,(H,18,19). The van der Waals surface area contributed by atoms with Crippen LogP contribution in [0.2, 0.25) is 10.0 Å². The minimum Gasteiger partial charge on any atom is -0.373 e. The summed E-state index contributed by atoms with van der Waals surface area (Å²) in [7, 11) is -2.84. The van der Waals surface area contributed by atoms with Crippen molar-refractivity contribution in [3.05, 3.63) is 22.2 Å². The van der Waals surface area contributed by atoms with Crippen LogP contribution in [0.4, 0.5) is 18.9 Å². The maximum absolute atomic E-state index is 12.6. The van der Waals surface area contributed by atoms with E-state index in [4.69, 9.17) is 23.2 Å². The molecule has 0 saturated carbocycles. The molecule has 1 aromatic carbocycles. The molecule has 6 nitrogen and oxygen atoms in total. The summed E-state index contributed by atoms with van der Waals surface area (Å²) in [6, 6.07) is 1.89. The number of halogens is 5. The summed E-state index contributed by atoms with van der Waals surface area (Å²) in [5, 5.41) is 10.0. The van der Waals surface area contributed by atoms with Crippen LogP contribution in [0.25, 0.3) is 0 Å². The highest BCUT2D eigenvalue weighted by atomic mass is 35.5. The highest BCUT2D eigenvalue weighted by Gasteiger charge is 2.55. The highest BCUT2D eigenvalue weighted by molar-refractivity contribution is 7.89. The Balaban J connectivity index is 3.24. The molecule has 1 atom stereocenters. The van der Waals surface area contributed by atoms with Crippen LogP contribution in [0, 0.1) is 0 Å². The van der Waals surface area contributed by atoms with Crippen molar-refractivity contribution in [3.63, 3.8) is 0 Å². The van der Waals surface area contributed by atoms with Crippen molar-refractivity contribution >= 4 is 44.8 Å². The summed E-state index contributed by atoms with van der Waals surface area (Å²) < 4.78 is 63.0. The molecule has 130 valence electrons. The first-order chi connectivity index (χ1) is 10.3. The lowest BCUT2D eigenvalue weighted by atomic mass is 10.1. The van der Waals surface area contributed by atoms with E-state index in [1.165, 1.54) is 0 Å². The Labute approximate surface area is 139 Å². The summed E-state index contributed by atoms with van der Waals surface area (Å²) in [6.07, 6.45) is -5.22. The molecule has 0 aliphatic carbocycles. The molecule has 1 rings (SSSR count). The van der Waals surface area contributed by atoms with Crippen molar-refractivity contribution in [1.29, 1.82) is 0 Å². The lowest BCUT2D eigenvalue weighted by molar-refractivity contribution is -0.242. The summed E-state index contributed by atoms with van der Waals surface area (Å²) in [5.41, 5.74) is -4.06. The molecule has 0 saturated heterocycles. The van der Waals surface area contributed by atoms with Gasteiger partial charge >= 0.3 is 6.18 Å². The average molecular weight is 395 g/mol. The van der Waals surface area contributed by atoms with Crippen LogP contribution in [0.15, 0.2) is 17.0 Å². The van der Waals surface area contributed by atoms with Gasteiger partial charge in [0, 0.05) is 0 Å². The fraction of sp³-hybridized carbons (Fsp3) is 0.364. The molecular weight excluding hydrogens is 384 g/mol. The number of alkyl halides is 3. The van der Waals surface area contributed by atoms with Crippen molar-refractivity contribution in [2.75, 3.05) is 12.4 Å². The Morgan fingerprint density at radius 3 is 2.17 bits per heavy atom. The van der Waals surface area contributed by atoms with Gasteiger partial charge in [0.1, 0.15) is 4.90 Å². The van der Waals surface area contributed by atoms with Crippen molar-refractivity contribution in [1.82, 2.24) is 4.72 Å². The number of benzene rings is 1. The second-order valence-electron chi connectivity index (χ2n) is 4.47. The van der Waals surface area contributed by atoms with Gasteiger partial charge in [-0.15, -0.1) is 0 Å². The molecule has 0 aliphatic heterocycles. The van der Waals surface area contributed by atoms with Gasteiger partial charge in [-0.05, 0) is 26.1 Å². The van der Waals surface area contributed by atoms with Gasteiger partial charge < -0.3 is 10.4 Å². The highest BCUT2D eigenvalue weighted by Crippen LogP contribution is 2.37. The number of hydrogen-bond donors (Lipinski definition) is 3. The largest absolute Gasteiger partial charge is 0.426 e. The molecule has 0 heterocycles. The Kier molecular flexibility index (Phi) is 5.59. The number of rotatable bonds is 4. The van der Waals surface area contributed by atoms with Gasteiger partial charge in [-0.25, -0.2) is 13.1 Å². The third-order valence-corrected chi connectivity index (χ3v) is 5.30. The van der Waals surface area contributed by atoms with E-state index in [9.17, 15) is 31.5 Å². The van der Waals surface area contributed by atoms with Crippen LogP contribution in [-0.2, 0) is 14.8 Å². The topological polar surface area (TPSA) is 95.5 Å². The van der Waals surface area contributed by atoms with E-state index in [-0.39, 0.29) is 12.6 Å². The third-order valence-electron chi connectivity index (χ3n) is 2.85. The molecule has 0 spiro atoms. The van der Waals surface area contributed by atoms with Gasteiger partial charge in [0.15, 0.2) is 0 Å². The minimum absolute atomic E-state index is 0.262. The van der Waals surface area contributed by atoms with Crippen molar-refractivity contribution < 1.29 is 31.5 Å². The van der Waals surface area contributed by atoms with E-state index < -0.39 is 42.6 Å². The Hall–Kier alpha value is -1.07. The first kappa shape index (κ1) is 20.0. The molecule has 1 aromatic rings. The van der Waals surface area contributed by atoms with E-state index in [0.717, 1.165) is 19.2 Å². The van der Waals surface area contributed by atoms with Gasteiger partial charge in [-0.2, -0.15) is 13.2 Å². The summed E-state index contributed by atoms with van der Waals surface area (Å²) in [5.74, 6) is -1.80. The van der Waals surface area contributed by atoms with E-state index in [1.54, 1.807) is 5.32 Å². The molecule has 0 aliphatic rings. The van der Waals surface area contributed by atoms with Crippen LogP contribution in [-0.4, -0.2) is 38.3 Å². The second-order valence-corrected chi connectivity index (χ2v) is 7.08. The number of aliphatic hydroxyl groups is 1. The van der Waals surface area contributed by atoms with Crippen molar-refractivity contribution in [3.8, 4) is 0 Å². The number of anilines is 1. The number of amides is 1. The summed E-state index contributed by atoms with van der Waals surface area (Å²) in [4.78, 5) is 11.1. The Morgan fingerprint density at radius 2 is 1.74 bits per heavy atom. The maximum atomic E-state index is 12.6. The average Bonchev–Trinajstić information content (AvgIpc) is 2.42. The van der Waals surface area contributed by atoms with Gasteiger partial charge in [-0.3, -0.25) is 4.79 Å². The molecule has 1 unspecified atom stereocenters. The predicted molar refractivity (Wildman–Crippen MR) is 78.0 cm³/mol. The number of carbonyl (C=O) groups is 1. The lowest BCUT2D eigenvalue weighted by Crippen LogP contribution is -2.52. The zero-order valence-corrected chi connectivity index (χ0v) is 14.0. The Morgan fingerprint density at radius 1 is 1.22 bits per heavy atom. The molecule has 12 heteroatoms. The molecule has 0 fully saturated rings. The number of sulfonamides is 1.